The van der Waals surface area contributed by atoms with E-state index in [4.69, 9.17) is 5.73 Å². The predicted octanol–water partition coefficient (Wildman–Crippen LogP) is 0.547. The average Bonchev–Trinajstić information content (AvgIpc) is 2.76. The largest absolute Gasteiger partial charge is 0.366 e. The van der Waals surface area contributed by atoms with E-state index in [1.165, 1.54) is 18.2 Å². The molecule has 9 heteroatoms. The number of nitro benzene ring substituents is 1. The number of amides is 1. The van der Waals surface area contributed by atoms with Gasteiger partial charge in [0.15, 0.2) is 0 Å². The molecule has 0 spiro atoms. The van der Waals surface area contributed by atoms with Crippen molar-refractivity contribution in [2.75, 3.05) is 11.1 Å². The van der Waals surface area contributed by atoms with Crippen molar-refractivity contribution in [2.45, 2.75) is 0 Å². The number of nitrogens with zero attached hydrogens (tertiary/aromatic N) is 3. The molecule has 18 heavy (non-hydrogen) atoms. The SMILES string of the molecule is Nc1n[nH]c(C(=O)Nc2ccccc2[N+](=O)[O-])n1. The molecule has 0 saturated carbocycles. The van der Waals surface area contributed by atoms with Crippen molar-refractivity contribution in [3.8, 4) is 0 Å². The molecule has 0 fully saturated rings. The number of aromatic nitrogens is 3. The zero-order valence-corrected chi connectivity index (χ0v) is 8.95. The van der Waals surface area contributed by atoms with E-state index in [2.05, 4.69) is 20.5 Å². The number of nitro groups is 1. The van der Waals surface area contributed by atoms with Crippen molar-refractivity contribution >= 4 is 23.2 Å². The summed E-state index contributed by atoms with van der Waals surface area (Å²) < 4.78 is 0. The molecular formula is C9H8N6O3. The molecule has 0 aliphatic heterocycles. The Morgan fingerprint density at radius 3 is 2.78 bits per heavy atom. The summed E-state index contributed by atoms with van der Waals surface area (Å²) in [6.07, 6.45) is 0. The van der Waals surface area contributed by atoms with E-state index in [-0.39, 0.29) is 23.1 Å². The first-order chi connectivity index (χ1) is 8.58. The Hall–Kier alpha value is -2.97. The van der Waals surface area contributed by atoms with E-state index >= 15 is 0 Å². The molecule has 0 radical (unpaired) electrons. The van der Waals surface area contributed by atoms with Crippen LogP contribution in [0.4, 0.5) is 17.3 Å². The summed E-state index contributed by atoms with van der Waals surface area (Å²) in [5.74, 6) is -0.859. The van der Waals surface area contributed by atoms with E-state index in [9.17, 15) is 14.9 Å². The van der Waals surface area contributed by atoms with Gasteiger partial charge in [0.25, 0.3) is 11.6 Å². The van der Waals surface area contributed by atoms with Crippen LogP contribution in [0.15, 0.2) is 24.3 Å². The maximum atomic E-state index is 11.7. The second-order valence-corrected chi connectivity index (χ2v) is 3.27. The predicted molar refractivity (Wildman–Crippen MR) is 61.8 cm³/mol. The molecule has 1 heterocycles. The molecule has 92 valence electrons. The van der Waals surface area contributed by atoms with Gasteiger partial charge in [-0.05, 0) is 6.07 Å². The minimum absolute atomic E-state index is 0.0717. The minimum Gasteiger partial charge on any atom is -0.366 e. The number of rotatable bonds is 3. The lowest BCUT2D eigenvalue weighted by atomic mass is 10.2. The fraction of sp³-hybridized carbons (Fsp3) is 0. The highest BCUT2D eigenvalue weighted by atomic mass is 16.6. The molecule has 0 unspecified atom stereocenters. The van der Waals surface area contributed by atoms with Crippen LogP contribution in [-0.2, 0) is 0 Å². The zero-order valence-electron chi connectivity index (χ0n) is 8.95. The molecule has 0 aliphatic rings. The molecule has 2 aromatic rings. The Labute approximate surface area is 100 Å². The summed E-state index contributed by atoms with van der Waals surface area (Å²) in [5, 5.41) is 18.9. The van der Waals surface area contributed by atoms with Crippen LogP contribution in [-0.4, -0.2) is 26.0 Å². The van der Waals surface area contributed by atoms with Crippen molar-refractivity contribution in [2.24, 2.45) is 0 Å². The van der Waals surface area contributed by atoms with Gasteiger partial charge in [0, 0.05) is 6.07 Å². The van der Waals surface area contributed by atoms with Gasteiger partial charge in [-0.3, -0.25) is 20.0 Å². The molecule has 1 amide bonds. The highest BCUT2D eigenvalue weighted by molar-refractivity contribution is 6.02. The minimum atomic E-state index is -0.659. The molecule has 2 rings (SSSR count). The first-order valence-corrected chi connectivity index (χ1v) is 4.80. The van der Waals surface area contributed by atoms with Gasteiger partial charge in [-0.1, -0.05) is 12.1 Å². The molecule has 0 saturated heterocycles. The lowest BCUT2D eigenvalue weighted by Crippen LogP contribution is -2.14. The quantitative estimate of drug-likeness (QED) is 0.535. The van der Waals surface area contributed by atoms with Crippen LogP contribution in [0, 0.1) is 10.1 Å². The van der Waals surface area contributed by atoms with E-state index in [0.29, 0.717) is 0 Å². The second kappa shape index (κ2) is 4.49. The summed E-state index contributed by atoms with van der Waals surface area (Å²) in [4.78, 5) is 25.4. The molecule has 0 atom stereocenters. The van der Waals surface area contributed by atoms with Crippen molar-refractivity contribution in [1.82, 2.24) is 15.2 Å². The number of para-hydroxylation sites is 2. The van der Waals surface area contributed by atoms with E-state index < -0.39 is 10.8 Å². The monoisotopic (exact) mass is 248 g/mol. The standard InChI is InChI=1S/C9H8N6O3/c10-9-12-7(13-14-9)8(16)11-5-3-1-2-4-6(5)15(17)18/h1-4H,(H,11,16)(H3,10,12,13,14). The van der Waals surface area contributed by atoms with Gasteiger partial charge in [-0.2, -0.15) is 4.98 Å². The lowest BCUT2D eigenvalue weighted by molar-refractivity contribution is -0.383. The van der Waals surface area contributed by atoms with Gasteiger partial charge >= 0.3 is 0 Å². The molecular weight excluding hydrogens is 240 g/mol. The second-order valence-electron chi connectivity index (χ2n) is 3.27. The maximum absolute atomic E-state index is 11.7. The number of hydrogen-bond acceptors (Lipinski definition) is 6. The Kier molecular flexibility index (Phi) is 2.87. The number of aromatic amines is 1. The van der Waals surface area contributed by atoms with Crippen LogP contribution < -0.4 is 11.1 Å². The van der Waals surface area contributed by atoms with Gasteiger partial charge in [0.1, 0.15) is 5.69 Å². The van der Waals surface area contributed by atoms with E-state index in [1.807, 2.05) is 0 Å². The number of carbonyl (C=O) groups excluding carboxylic acids is 1. The summed E-state index contributed by atoms with van der Waals surface area (Å²) >= 11 is 0. The number of nitrogens with two attached hydrogens (primary N) is 1. The normalized spacial score (nSPS) is 10.0. The number of anilines is 2. The van der Waals surface area contributed by atoms with Crippen LogP contribution in [0.1, 0.15) is 10.6 Å². The van der Waals surface area contributed by atoms with Crippen molar-refractivity contribution in [3.63, 3.8) is 0 Å². The summed E-state index contributed by atoms with van der Waals surface area (Å²) in [7, 11) is 0. The highest BCUT2D eigenvalue weighted by Crippen LogP contribution is 2.23. The number of hydrogen-bond donors (Lipinski definition) is 3. The molecule has 1 aromatic heterocycles. The summed E-state index contributed by atoms with van der Waals surface area (Å²) in [6.45, 7) is 0. The maximum Gasteiger partial charge on any atom is 0.293 e. The van der Waals surface area contributed by atoms with Gasteiger partial charge in [0.2, 0.25) is 11.8 Å². The molecule has 9 nitrogen and oxygen atoms in total. The number of carbonyl (C=O) groups is 1. The van der Waals surface area contributed by atoms with Crippen molar-refractivity contribution in [1.29, 1.82) is 0 Å². The third-order valence-electron chi connectivity index (χ3n) is 2.07. The third kappa shape index (κ3) is 2.24. The molecule has 0 bridgehead atoms. The van der Waals surface area contributed by atoms with Crippen LogP contribution in [0.25, 0.3) is 0 Å². The number of nitrogens with one attached hydrogen (secondary N) is 2. The fourth-order valence-corrected chi connectivity index (χ4v) is 1.30. The summed E-state index contributed by atoms with van der Waals surface area (Å²) in [6, 6.07) is 5.76. The van der Waals surface area contributed by atoms with Crippen molar-refractivity contribution in [3.05, 3.63) is 40.2 Å². The van der Waals surface area contributed by atoms with Crippen LogP contribution in [0.2, 0.25) is 0 Å². The van der Waals surface area contributed by atoms with Gasteiger partial charge in [-0.15, -0.1) is 5.10 Å². The highest BCUT2D eigenvalue weighted by Gasteiger charge is 2.17. The Morgan fingerprint density at radius 1 is 1.44 bits per heavy atom. The first-order valence-electron chi connectivity index (χ1n) is 4.80. The van der Waals surface area contributed by atoms with Crippen LogP contribution >= 0.6 is 0 Å². The van der Waals surface area contributed by atoms with Crippen molar-refractivity contribution < 1.29 is 9.72 Å². The molecule has 4 N–H and O–H groups in total. The van der Waals surface area contributed by atoms with Crippen LogP contribution in [0.5, 0.6) is 0 Å². The van der Waals surface area contributed by atoms with Gasteiger partial charge in [-0.25, -0.2) is 0 Å². The first kappa shape index (κ1) is 11.5. The topological polar surface area (TPSA) is 140 Å². The molecule has 0 aliphatic carbocycles. The van der Waals surface area contributed by atoms with E-state index in [0.717, 1.165) is 0 Å². The Balaban J connectivity index is 2.24. The molecule has 1 aromatic carbocycles. The smallest absolute Gasteiger partial charge is 0.293 e. The summed E-state index contributed by atoms with van der Waals surface area (Å²) in [5.41, 5.74) is 5.11. The fourth-order valence-electron chi connectivity index (χ4n) is 1.30. The van der Waals surface area contributed by atoms with Gasteiger partial charge < -0.3 is 11.1 Å². The number of H-pyrrole nitrogens is 1. The Bertz CT molecular complexity index is 608. The Morgan fingerprint density at radius 2 is 2.17 bits per heavy atom. The van der Waals surface area contributed by atoms with E-state index in [1.54, 1.807) is 6.07 Å². The lowest BCUT2D eigenvalue weighted by Gasteiger charge is -2.03. The number of benzene rings is 1. The average molecular weight is 248 g/mol. The van der Waals surface area contributed by atoms with Gasteiger partial charge in [0.05, 0.1) is 4.92 Å². The number of nitrogen functional groups attached to an aromatic ring is 1. The third-order valence-corrected chi connectivity index (χ3v) is 2.07. The van der Waals surface area contributed by atoms with Crippen LogP contribution in [0.3, 0.4) is 0 Å². The zero-order chi connectivity index (χ0) is 13.1.